The standard InChI is InChI=1S/C15H22N2/c1-11(2)14-9-17(10-14)15-4-3-12-5-6-16-8-13(12)7-15/h3-4,7,11,14,16H,5-6,8-10H2,1-2H3. The fourth-order valence-corrected chi connectivity index (χ4v) is 2.81. The average Bonchev–Trinajstić information content (AvgIpc) is 2.26. The van der Waals surface area contributed by atoms with Crippen molar-refractivity contribution in [2.45, 2.75) is 26.8 Å². The number of hydrogen-bond donors (Lipinski definition) is 1. The lowest BCUT2D eigenvalue weighted by Gasteiger charge is -2.43. The minimum atomic E-state index is 0.825. The van der Waals surface area contributed by atoms with Gasteiger partial charge in [0.05, 0.1) is 0 Å². The normalized spacial score (nSPS) is 20.3. The van der Waals surface area contributed by atoms with Crippen LogP contribution in [0.1, 0.15) is 25.0 Å². The van der Waals surface area contributed by atoms with Crippen molar-refractivity contribution in [3.8, 4) is 0 Å². The van der Waals surface area contributed by atoms with Crippen molar-refractivity contribution in [2.75, 3.05) is 24.5 Å². The Hall–Kier alpha value is -1.02. The summed E-state index contributed by atoms with van der Waals surface area (Å²) in [6.07, 6.45) is 1.18. The lowest BCUT2D eigenvalue weighted by molar-refractivity contribution is 0.310. The average molecular weight is 230 g/mol. The first-order valence-electron chi connectivity index (χ1n) is 6.81. The number of rotatable bonds is 2. The molecule has 1 aromatic rings. The Bertz CT molecular complexity index is 405. The summed E-state index contributed by atoms with van der Waals surface area (Å²) in [5, 5.41) is 3.45. The summed E-state index contributed by atoms with van der Waals surface area (Å²) in [4.78, 5) is 2.51. The van der Waals surface area contributed by atoms with Gasteiger partial charge in [-0.05, 0) is 48.1 Å². The van der Waals surface area contributed by atoms with E-state index >= 15 is 0 Å². The molecule has 2 aliphatic rings. The van der Waals surface area contributed by atoms with Gasteiger partial charge in [-0.3, -0.25) is 0 Å². The zero-order valence-corrected chi connectivity index (χ0v) is 10.9. The minimum absolute atomic E-state index is 0.825. The summed E-state index contributed by atoms with van der Waals surface area (Å²) < 4.78 is 0. The lowest BCUT2D eigenvalue weighted by atomic mass is 9.87. The molecule has 1 saturated heterocycles. The second-order valence-corrected chi connectivity index (χ2v) is 5.79. The first-order valence-corrected chi connectivity index (χ1v) is 6.81. The fourth-order valence-electron chi connectivity index (χ4n) is 2.81. The van der Waals surface area contributed by atoms with Crippen LogP contribution in [0, 0.1) is 11.8 Å². The highest BCUT2D eigenvalue weighted by molar-refractivity contribution is 5.53. The Labute approximate surface area is 104 Å². The molecule has 2 heteroatoms. The van der Waals surface area contributed by atoms with Crippen LogP contribution in [0.2, 0.25) is 0 Å². The van der Waals surface area contributed by atoms with Gasteiger partial charge in [-0.2, -0.15) is 0 Å². The SMILES string of the molecule is CC(C)C1CN(c2ccc3c(c2)CNCC3)C1. The van der Waals surface area contributed by atoms with E-state index in [-0.39, 0.29) is 0 Å². The maximum atomic E-state index is 3.45. The van der Waals surface area contributed by atoms with E-state index in [1.165, 1.54) is 36.3 Å². The quantitative estimate of drug-likeness (QED) is 0.839. The van der Waals surface area contributed by atoms with Gasteiger partial charge in [0.2, 0.25) is 0 Å². The van der Waals surface area contributed by atoms with Crippen LogP contribution in [0.3, 0.4) is 0 Å². The summed E-state index contributed by atoms with van der Waals surface area (Å²) in [5.41, 5.74) is 4.46. The monoisotopic (exact) mass is 230 g/mol. The Morgan fingerprint density at radius 1 is 1.24 bits per heavy atom. The van der Waals surface area contributed by atoms with E-state index in [1.54, 1.807) is 0 Å². The molecule has 1 N–H and O–H groups in total. The molecule has 1 fully saturated rings. The van der Waals surface area contributed by atoms with Crippen LogP contribution in [-0.2, 0) is 13.0 Å². The van der Waals surface area contributed by atoms with Crippen LogP contribution in [0.15, 0.2) is 18.2 Å². The number of hydrogen-bond acceptors (Lipinski definition) is 2. The third-order valence-electron chi connectivity index (χ3n) is 4.29. The van der Waals surface area contributed by atoms with Crippen LogP contribution in [0.5, 0.6) is 0 Å². The van der Waals surface area contributed by atoms with Gasteiger partial charge in [0.15, 0.2) is 0 Å². The molecule has 2 heterocycles. The Morgan fingerprint density at radius 3 is 2.82 bits per heavy atom. The molecule has 0 bridgehead atoms. The molecule has 2 nitrogen and oxygen atoms in total. The number of fused-ring (bicyclic) bond motifs is 1. The van der Waals surface area contributed by atoms with Crippen molar-refractivity contribution < 1.29 is 0 Å². The highest BCUT2D eigenvalue weighted by Gasteiger charge is 2.29. The number of nitrogens with one attached hydrogen (secondary N) is 1. The predicted molar refractivity (Wildman–Crippen MR) is 72.4 cm³/mol. The first-order chi connectivity index (χ1) is 8.24. The van der Waals surface area contributed by atoms with Gasteiger partial charge in [0.1, 0.15) is 0 Å². The zero-order valence-electron chi connectivity index (χ0n) is 10.9. The van der Waals surface area contributed by atoms with Crippen LogP contribution in [0.25, 0.3) is 0 Å². The van der Waals surface area contributed by atoms with Gasteiger partial charge >= 0.3 is 0 Å². The second kappa shape index (κ2) is 4.34. The molecule has 0 spiro atoms. The highest BCUT2D eigenvalue weighted by atomic mass is 15.2. The summed E-state index contributed by atoms with van der Waals surface area (Å²) in [6.45, 7) is 9.32. The lowest BCUT2D eigenvalue weighted by Crippen LogP contribution is -2.49. The molecule has 0 radical (unpaired) electrons. The summed E-state index contributed by atoms with van der Waals surface area (Å²) in [5.74, 6) is 1.72. The van der Waals surface area contributed by atoms with Gasteiger partial charge in [-0.15, -0.1) is 0 Å². The molecule has 0 aliphatic carbocycles. The van der Waals surface area contributed by atoms with E-state index in [1.807, 2.05) is 0 Å². The van der Waals surface area contributed by atoms with E-state index in [0.29, 0.717) is 0 Å². The summed E-state index contributed by atoms with van der Waals surface area (Å²) >= 11 is 0. The Morgan fingerprint density at radius 2 is 2.06 bits per heavy atom. The molecule has 2 aliphatic heterocycles. The summed E-state index contributed by atoms with van der Waals surface area (Å²) in [7, 11) is 0. The van der Waals surface area contributed by atoms with Crippen molar-refractivity contribution >= 4 is 5.69 Å². The zero-order chi connectivity index (χ0) is 11.8. The van der Waals surface area contributed by atoms with Gasteiger partial charge in [0.25, 0.3) is 0 Å². The maximum Gasteiger partial charge on any atom is 0.0369 e. The molecule has 1 aromatic carbocycles. The number of anilines is 1. The first kappa shape index (κ1) is 11.1. The Balaban J connectivity index is 1.73. The predicted octanol–water partition coefficient (Wildman–Crippen LogP) is 2.42. The van der Waals surface area contributed by atoms with Gasteiger partial charge < -0.3 is 10.2 Å². The minimum Gasteiger partial charge on any atom is -0.371 e. The highest BCUT2D eigenvalue weighted by Crippen LogP contribution is 2.30. The number of benzene rings is 1. The fraction of sp³-hybridized carbons (Fsp3) is 0.600. The number of nitrogens with zero attached hydrogens (tertiary/aromatic N) is 1. The molecule has 17 heavy (non-hydrogen) atoms. The van der Waals surface area contributed by atoms with Crippen LogP contribution < -0.4 is 10.2 Å². The van der Waals surface area contributed by atoms with Gasteiger partial charge in [0, 0.05) is 25.3 Å². The van der Waals surface area contributed by atoms with E-state index in [9.17, 15) is 0 Å². The molecule has 92 valence electrons. The van der Waals surface area contributed by atoms with Crippen LogP contribution in [-0.4, -0.2) is 19.6 Å². The van der Waals surface area contributed by atoms with Crippen molar-refractivity contribution in [2.24, 2.45) is 11.8 Å². The van der Waals surface area contributed by atoms with E-state index in [0.717, 1.165) is 24.9 Å². The topological polar surface area (TPSA) is 15.3 Å². The van der Waals surface area contributed by atoms with Gasteiger partial charge in [-0.1, -0.05) is 19.9 Å². The van der Waals surface area contributed by atoms with E-state index in [4.69, 9.17) is 0 Å². The third-order valence-corrected chi connectivity index (χ3v) is 4.29. The second-order valence-electron chi connectivity index (χ2n) is 5.79. The molecule has 0 unspecified atom stereocenters. The molecule has 0 aromatic heterocycles. The molecule has 0 atom stereocenters. The van der Waals surface area contributed by atoms with Crippen molar-refractivity contribution in [3.63, 3.8) is 0 Å². The van der Waals surface area contributed by atoms with Crippen molar-refractivity contribution in [1.82, 2.24) is 5.32 Å². The molecule has 0 saturated carbocycles. The third kappa shape index (κ3) is 2.06. The van der Waals surface area contributed by atoms with Crippen molar-refractivity contribution in [3.05, 3.63) is 29.3 Å². The van der Waals surface area contributed by atoms with Crippen LogP contribution in [0.4, 0.5) is 5.69 Å². The smallest absolute Gasteiger partial charge is 0.0369 e. The Kier molecular flexibility index (Phi) is 2.83. The molecular weight excluding hydrogens is 208 g/mol. The van der Waals surface area contributed by atoms with E-state index < -0.39 is 0 Å². The largest absolute Gasteiger partial charge is 0.371 e. The van der Waals surface area contributed by atoms with Crippen LogP contribution >= 0.6 is 0 Å². The molecule has 3 rings (SSSR count). The maximum absolute atomic E-state index is 3.45. The molecule has 0 amide bonds. The summed E-state index contributed by atoms with van der Waals surface area (Å²) in [6, 6.07) is 7.02. The van der Waals surface area contributed by atoms with Gasteiger partial charge in [-0.25, -0.2) is 0 Å². The van der Waals surface area contributed by atoms with E-state index in [2.05, 4.69) is 42.3 Å². The molecular formula is C15H22N2. The van der Waals surface area contributed by atoms with Crippen molar-refractivity contribution in [1.29, 1.82) is 0 Å².